The number of urea groups is 1. The quantitative estimate of drug-likeness (QED) is 0.488. The van der Waals surface area contributed by atoms with Gasteiger partial charge in [-0.2, -0.15) is 0 Å². The molecule has 140 valence electrons. The van der Waals surface area contributed by atoms with Gasteiger partial charge in [0.25, 0.3) is 5.91 Å². The van der Waals surface area contributed by atoms with Crippen molar-refractivity contribution in [2.24, 2.45) is 0 Å². The van der Waals surface area contributed by atoms with Crippen LogP contribution in [0.1, 0.15) is 25.8 Å². The molecule has 1 aromatic rings. The molecule has 0 aromatic heterocycles. The molecule has 1 aliphatic rings. The SMILES string of the molecule is CCCN1C(=O)N/C(=C/c2cc(Br)c(OCC(=O)O)c(OCC)c2)C1=O. The monoisotopic (exact) mass is 426 g/mol. The Hall–Kier alpha value is -2.55. The number of nitrogens with one attached hydrogen (secondary N) is 1. The molecule has 8 nitrogen and oxygen atoms in total. The van der Waals surface area contributed by atoms with Crippen molar-refractivity contribution in [1.82, 2.24) is 10.2 Å². The molecule has 9 heteroatoms. The van der Waals surface area contributed by atoms with E-state index in [1.54, 1.807) is 19.1 Å². The van der Waals surface area contributed by atoms with Gasteiger partial charge in [0.05, 0.1) is 11.1 Å². The highest BCUT2D eigenvalue weighted by atomic mass is 79.9. The number of carboxylic acid groups (broad SMARTS) is 1. The summed E-state index contributed by atoms with van der Waals surface area (Å²) in [4.78, 5) is 36.0. The maximum absolute atomic E-state index is 12.3. The maximum Gasteiger partial charge on any atom is 0.341 e. The molecular formula is C17H19BrN2O6. The Morgan fingerprint density at radius 2 is 2.04 bits per heavy atom. The van der Waals surface area contributed by atoms with Gasteiger partial charge in [0.15, 0.2) is 18.1 Å². The van der Waals surface area contributed by atoms with Crippen molar-refractivity contribution in [3.05, 3.63) is 27.9 Å². The van der Waals surface area contributed by atoms with Crippen LogP contribution in [0.25, 0.3) is 6.08 Å². The van der Waals surface area contributed by atoms with E-state index in [9.17, 15) is 14.4 Å². The Morgan fingerprint density at radius 3 is 2.65 bits per heavy atom. The van der Waals surface area contributed by atoms with Gasteiger partial charge in [-0.3, -0.25) is 9.69 Å². The zero-order chi connectivity index (χ0) is 19.3. The van der Waals surface area contributed by atoms with Gasteiger partial charge in [0.2, 0.25) is 0 Å². The Balaban J connectivity index is 2.34. The van der Waals surface area contributed by atoms with Crippen LogP contribution >= 0.6 is 15.9 Å². The summed E-state index contributed by atoms with van der Waals surface area (Å²) in [7, 11) is 0. The van der Waals surface area contributed by atoms with Crippen LogP contribution in [0.4, 0.5) is 4.79 Å². The number of benzene rings is 1. The van der Waals surface area contributed by atoms with Crippen LogP contribution in [-0.2, 0) is 9.59 Å². The van der Waals surface area contributed by atoms with E-state index in [4.69, 9.17) is 14.6 Å². The first-order chi connectivity index (χ1) is 12.4. The molecular weight excluding hydrogens is 408 g/mol. The first kappa shape index (κ1) is 19.8. The molecule has 0 saturated carbocycles. The van der Waals surface area contributed by atoms with Crippen molar-refractivity contribution < 1.29 is 29.0 Å². The highest BCUT2D eigenvalue weighted by Crippen LogP contribution is 2.37. The van der Waals surface area contributed by atoms with E-state index in [2.05, 4.69) is 21.2 Å². The molecule has 2 N–H and O–H groups in total. The van der Waals surface area contributed by atoms with Crippen molar-refractivity contribution >= 4 is 39.9 Å². The zero-order valence-corrected chi connectivity index (χ0v) is 16.0. The number of ether oxygens (including phenoxy) is 2. The molecule has 2 rings (SSSR count). The molecule has 0 spiro atoms. The summed E-state index contributed by atoms with van der Waals surface area (Å²) in [6.07, 6.45) is 2.20. The summed E-state index contributed by atoms with van der Waals surface area (Å²) in [6, 6.07) is 2.81. The Labute approximate surface area is 158 Å². The van der Waals surface area contributed by atoms with E-state index in [1.807, 2.05) is 6.92 Å². The largest absolute Gasteiger partial charge is 0.490 e. The van der Waals surface area contributed by atoms with Crippen molar-refractivity contribution in [2.45, 2.75) is 20.3 Å². The summed E-state index contributed by atoms with van der Waals surface area (Å²) >= 11 is 3.32. The summed E-state index contributed by atoms with van der Waals surface area (Å²) in [5.74, 6) is -0.916. The summed E-state index contributed by atoms with van der Waals surface area (Å²) in [6.45, 7) is 3.83. The van der Waals surface area contributed by atoms with Gasteiger partial charge in [0.1, 0.15) is 5.70 Å². The maximum atomic E-state index is 12.3. The van der Waals surface area contributed by atoms with Crippen LogP contribution in [0.3, 0.4) is 0 Å². The summed E-state index contributed by atoms with van der Waals surface area (Å²) in [5.41, 5.74) is 0.752. The average Bonchev–Trinajstić information content (AvgIpc) is 2.82. The van der Waals surface area contributed by atoms with Crippen LogP contribution < -0.4 is 14.8 Å². The topological polar surface area (TPSA) is 105 Å². The highest BCUT2D eigenvalue weighted by Gasteiger charge is 2.32. The molecule has 1 aliphatic heterocycles. The van der Waals surface area contributed by atoms with Crippen LogP contribution in [0, 0.1) is 0 Å². The third-order valence-corrected chi connectivity index (χ3v) is 3.98. The molecule has 0 aliphatic carbocycles. The molecule has 0 bridgehead atoms. The van der Waals surface area contributed by atoms with Gasteiger partial charge in [-0.1, -0.05) is 6.92 Å². The van der Waals surface area contributed by atoms with Gasteiger partial charge in [-0.05, 0) is 53.0 Å². The molecule has 1 heterocycles. The van der Waals surface area contributed by atoms with Gasteiger partial charge in [-0.15, -0.1) is 0 Å². The van der Waals surface area contributed by atoms with E-state index in [-0.39, 0.29) is 11.4 Å². The van der Waals surface area contributed by atoms with Crippen molar-refractivity contribution in [2.75, 3.05) is 19.8 Å². The number of rotatable bonds is 8. The zero-order valence-electron chi connectivity index (χ0n) is 14.4. The number of nitrogens with zero attached hydrogens (tertiary/aromatic N) is 1. The Bertz CT molecular complexity index is 762. The van der Waals surface area contributed by atoms with E-state index in [0.29, 0.717) is 35.4 Å². The molecule has 0 atom stereocenters. The second-order valence-corrected chi connectivity index (χ2v) is 6.24. The van der Waals surface area contributed by atoms with Gasteiger partial charge >= 0.3 is 12.0 Å². The second kappa shape index (κ2) is 8.70. The lowest BCUT2D eigenvalue weighted by atomic mass is 10.1. The fourth-order valence-corrected chi connectivity index (χ4v) is 2.95. The molecule has 26 heavy (non-hydrogen) atoms. The molecule has 0 unspecified atom stereocenters. The normalized spacial score (nSPS) is 15.3. The van der Waals surface area contributed by atoms with Crippen LogP contribution in [0.15, 0.2) is 22.3 Å². The fourth-order valence-electron chi connectivity index (χ4n) is 2.37. The summed E-state index contributed by atoms with van der Waals surface area (Å²) < 4.78 is 11.2. The highest BCUT2D eigenvalue weighted by molar-refractivity contribution is 9.10. The van der Waals surface area contributed by atoms with Crippen LogP contribution in [-0.4, -0.2) is 47.7 Å². The molecule has 1 aromatic carbocycles. The van der Waals surface area contributed by atoms with Crippen LogP contribution in [0.5, 0.6) is 11.5 Å². The minimum absolute atomic E-state index is 0.164. The van der Waals surface area contributed by atoms with E-state index in [1.165, 1.54) is 6.08 Å². The number of carbonyl (C=O) groups is 3. The first-order valence-electron chi connectivity index (χ1n) is 8.02. The molecule has 1 saturated heterocycles. The van der Waals surface area contributed by atoms with Crippen molar-refractivity contribution in [1.29, 1.82) is 0 Å². The number of halogens is 1. The minimum Gasteiger partial charge on any atom is -0.490 e. The number of amides is 3. The average molecular weight is 427 g/mol. The van der Waals surface area contributed by atoms with Crippen molar-refractivity contribution in [3.8, 4) is 11.5 Å². The fraction of sp³-hybridized carbons (Fsp3) is 0.353. The van der Waals surface area contributed by atoms with Crippen LogP contribution in [0.2, 0.25) is 0 Å². The van der Waals surface area contributed by atoms with E-state index in [0.717, 1.165) is 4.90 Å². The summed E-state index contributed by atoms with van der Waals surface area (Å²) in [5, 5.41) is 11.3. The third-order valence-electron chi connectivity index (χ3n) is 3.39. The van der Waals surface area contributed by atoms with E-state index >= 15 is 0 Å². The Morgan fingerprint density at radius 1 is 1.31 bits per heavy atom. The second-order valence-electron chi connectivity index (χ2n) is 5.39. The van der Waals surface area contributed by atoms with Gasteiger partial charge in [-0.25, -0.2) is 9.59 Å². The number of imide groups is 1. The molecule has 3 amide bonds. The standard InChI is InChI=1S/C17H19BrN2O6/c1-3-5-20-16(23)12(19-17(20)24)7-10-6-11(18)15(26-9-14(21)22)13(8-10)25-4-2/h6-8H,3-5,9H2,1-2H3,(H,19,24)(H,21,22)/b12-7+. The third kappa shape index (κ3) is 4.54. The number of carbonyl (C=O) groups excluding carboxylic acids is 2. The van der Waals surface area contributed by atoms with Gasteiger partial charge < -0.3 is 19.9 Å². The smallest absolute Gasteiger partial charge is 0.341 e. The lowest BCUT2D eigenvalue weighted by molar-refractivity contribution is -0.139. The lowest BCUT2D eigenvalue weighted by Crippen LogP contribution is -2.31. The van der Waals surface area contributed by atoms with Crippen molar-refractivity contribution in [3.63, 3.8) is 0 Å². The number of carboxylic acids is 1. The number of aliphatic carboxylic acids is 1. The van der Waals surface area contributed by atoms with E-state index < -0.39 is 24.5 Å². The van der Waals surface area contributed by atoms with Gasteiger partial charge in [0, 0.05) is 6.54 Å². The lowest BCUT2D eigenvalue weighted by Gasteiger charge is -2.13. The Kier molecular flexibility index (Phi) is 6.62. The first-order valence-corrected chi connectivity index (χ1v) is 8.82. The molecule has 1 fully saturated rings. The minimum atomic E-state index is -1.11. The molecule has 0 radical (unpaired) electrons. The predicted octanol–water partition coefficient (Wildman–Crippen LogP) is 2.61. The number of hydrogen-bond donors (Lipinski definition) is 2. The predicted molar refractivity (Wildman–Crippen MR) is 97.0 cm³/mol. The number of hydrogen-bond acceptors (Lipinski definition) is 5.